The van der Waals surface area contributed by atoms with Crippen LogP contribution < -0.4 is 5.32 Å². The maximum Gasteiger partial charge on any atom is 0.408 e. The molecular weight excluding hydrogens is 396 g/mol. The van der Waals surface area contributed by atoms with Crippen LogP contribution in [0.1, 0.15) is 48.0 Å². The first-order valence-electron chi connectivity index (χ1n) is 11.4. The third-order valence-corrected chi connectivity index (χ3v) is 7.48. The third-order valence-electron chi connectivity index (χ3n) is 7.48. The van der Waals surface area contributed by atoms with Crippen LogP contribution in [0.2, 0.25) is 0 Å². The van der Waals surface area contributed by atoms with Gasteiger partial charge in [-0.05, 0) is 62.2 Å². The Labute approximate surface area is 184 Å². The van der Waals surface area contributed by atoms with Crippen LogP contribution in [0.5, 0.6) is 0 Å². The normalized spacial score (nSPS) is 36.4. The first-order chi connectivity index (χ1) is 14.3. The molecule has 3 fully saturated rings. The van der Waals surface area contributed by atoms with Gasteiger partial charge in [0.05, 0.1) is 7.11 Å². The van der Waals surface area contributed by atoms with Crippen LogP contribution in [0, 0.1) is 40.9 Å². The summed E-state index contributed by atoms with van der Waals surface area (Å²) < 4.78 is 10.6. The smallest absolute Gasteiger partial charge is 0.408 e. The standard InChI is InChI=1S/C24H36N2O5/c1-23(2,3)19(25-22(29)31-24(4,5)6)20(27)26-11-16-12-8-9-13(15-10-14(12)15)17(16)18(26)21(28)30-7/h8-9,12-19H,10-11H2,1-7H3,(H,25,29)/t12-,13+,14+,15-,16-,17+,18+,19-/m1/s1. The number of ether oxygens (including phenoxy) is 2. The predicted octanol–water partition coefficient (Wildman–Crippen LogP) is 2.99. The first-order valence-corrected chi connectivity index (χ1v) is 11.4. The highest BCUT2D eigenvalue weighted by molar-refractivity contribution is 5.91. The fraction of sp³-hybridized carbons (Fsp3) is 0.792. The van der Waals surface area contributed by atoms with E-state index in [4.69, 9.17) is 9.47 Å². The van der Waals surface area contributed by atoms with Gasteiger partial charge in [-0.2, -0.15) is 0 Å². The predicted molar refractivity (Wildman–Crippen MR) is 115 cm³/mol. The Morgan fingerprint density at radius 3 is 2.19 bits per heavy atom. The van der Waals surface area contributed by atoms with Crippen LogP contribution in [-0.4, -0.2) is 54.2 Å². The van der Waals surface area contributed by atoms with E-state index >= 15 is 0 Å². The van der Waals surface area contributed by atoms with Crippen molar-refractivity contribution in [3.8, 4) is 0 Å². The molecular formula is C24H36N2O5. The molecule has 0 aromatic rings. The molecule has 2 amide bonds. The number of nitrogens with one attached hydrogen (secondary N) is 1. The largest absolute Gasteiger partial charge is 0.467 e. The first kappa shape index (κ1) is 22.2. The molecule has 5 aliphatic rings. The molecule has 0 spiro atoms. The van der Waals surface area contributed by atoms with Crippen LogP contribution in [0.3, 0.4) is 0 Å². The summed E-state index contributed by atoms with van der Waals surface area (Å²) in [6, 6.07) is -1.42. The Balaban J connectivity index is 1.60. The fourth-order valence-corrected chi connectivity index (χ4v) is 6.19. The molecule has 0 aromatic carbocycles. The van der Waals surface area contributed by atoms with Gasteiger partial charge in [0, 0.05) is 12.5 Å². The molecule has 7 nitrogen and oxygen atoms in total. The molecule has 7 heteroatoms. The van der Waals surface area contributed by atoms with E-state index in [1.807, 2.05) is 20.8 Å². The highest BCUT2D eigenvalue weighted by Crippen LogP contribution is 2.66. The van der Waals surface area contributed by atoms with E-state index in [1.54, 1.807) is 25.7 Å². The zero-order valence-corrected chi connectivity index (χ0v) is 19.7. The quantitative estimate of drug-likeness (QED) is 0.547. The van der Waals surface area contributed by atoms with Crippen molar-refractivity contribution in [2.75, 3.05) is 13.7 Å². The molecule has 2 bridgehead atoms. The van der Waals surface area contributed by atoms with Gasteiger partial charge in [0.15, 0.2) is 0 Å². The molecule has 31 heavy (non-hydrogen) atoms. The van der Waals surface area contributed by atoms with Crippen molar-refractivity contribution in [1.29, 1.82) is 0 Å². The average molecular weight is 433 g/mol. The van der Waals surface area contributed by atoms with Crippen molar-refractivity contribution >= 4 is 18.0 Å². The van der Waals surface area contributed by atoms with Gasteiger partial charge in [0.1, 0.15) is 17.7 Å². The molecule has 0 aromatic heterocycles. The van der Waals surface area contributed by atoms with Gasteiger partial charge in [-0.25, -0.2) is 9.59 Å². The number of hydrogen-bond acceptors (Lipinski definition) is 5. The van der Waals surface area contributed by atoms with E-state index in [-0.39, 0.29) is 23.7 Å². The number of allylic oxidation sites excluding steroid dienone is 2. The van der Waals surface area contributed by atoms with Crippen molar-refractivity contribution in [3.63, 3.8) is 0 Å². The Kier molecular flexibility index (Phi) is 5.17. The number of amides is 2. The van der Waals surface area contributed by atoms with E-state index < -0.39 is 29.2 Å². The number of hydrogen-bond donors (Lipinski definition) is 1. The van der Waals surface area contributed by atoms with E-state index in [1.165, 1.54) is 13.5 Å². The molecule has 4 aliphatic carbocycles. The lowest BCUT2D eigenvalue weighted by Crippen LogP contribution is -2.58. The summed E-state index contributed by atoms with van der Waals surface area (Å²) in [7, 11) is 1.38. The Bertz CT molecular complexity index is 808. The average Bonchev–Trinajstić information content (AvgIpc) is 3.37. The van der Waals surface area contributed by atoms with Crippen molar-refractivity contribution in [1.82, 2.24) is 10.2 Å². The SMILES string of the molecule is COC(=O)[C@@H]1[C@H]2[C@H]3C=C[C@@H]([C@H]2CN1C(=O)[C@@H](NC(=O)OC(C)(C)C)C(C)(C)C)[C@@H]1C[C@H]31. The Hall–Kier alpha value is -2.05. The second-order valence-electron chi connectivity index (χ2n) is 11.7. The summed E-state index contributed by atoms with van der Waals surface area (Å²) in [6.07, 6.45) is 5.17. The lowest BCUT2D eigenvalue weighted by Gasteiger charge is -2.41. The second kappa shape index (κ2) is 7.24. The maximum atomic E-state index is 13.8. The molecule has 0 radical (unpaired) electrons. The van der Waals surface area contributed by atoms with Gasteiger partial charge < -0.3 is 19.7 Å². The van der Waals surface area contributed by atoms with Crippen LogP contribution in [-0.2, 0) is 19.1 Å². The second-order valence-corrected chi connectivity index (χ2v) is 11.7. The summed E-state index contributed by atoms with van der Waals surface area (Å²) in [5, 5.41) is 2.78. The number of rotatable bonds is 3. The lowest BCUT2D eigenvalue weighted by molar-refractivity contribution is -0.154. The molecule has 1 aliphatic heterocycles. The monoisotopic (exact) mass is 432 g/mol. The number of likely N-dealkylation sites (tertiary alicyclic amines) is 1. The van der Waals surface area contributed by atoms with Gasteiger partial charge in [-0.15, -0.1) is 0 Å². The van der Waals surface area contributed by atoms with Crippen molar-refractivity contribution in [3.05, 3.63) is 12.2 Å². The van der Waals surface area contributed by atoms with E-state index in [9.17, 15) is 14.4 Å². The third kappa shape index (κ3) is 3.85. The van der Waals surface area contributed by atoms with E-state index in [0.29, 0.717) is 30.2 Å². The van der Waals surface area contributed by atoms with Crippen molar-refractivity contribution in [2.24, 2.45) is 40.9 Å². The molecule has 2 saturated carbocycles. The van der Waals surface area contributed by atoms with Crippen molar-refractivity contribution < 1.29 is 23.9 Å². The molecule has 1 heterocycles. The maximum absolute atomic E-state index is 13.8. The number of methoxy groups -OCH3 is 1. The lowest BCUT2D eigenvalue weighted by atomic mass is 9.62. The van der Waals surface area contributed by atoms with Gasteiger partial charge in [-0.3, -0.25) is 4.79 Å². The molecule has 0 unspecified atom stereocenters. The van der Waals surface area contributed by atoms with Gasteiger partial charge in [0.2, 0.25) is 5.91 Å². The minimum Gasteiger partial charge on any atom is -0.467 e. The van der Waals surface area contributed by atoms with Crippen molar-refractivity contribution in [2.45, 2.75) is 65.6 Å². The highest BCUT2D eigenvalue weighted by atomic mass is 16.6. The summed E-state index contributed by atoms with van der Waals surface area (Å²) in [5.74, 6) is 1.86. The zero-order valence-electron chi connectivity index (χ0n) is 19.7. The summed E-state index contributed by atoms with van der Waals surface area (Å²) in [6.45, 7) is 11.6. The van der Waals surface area contributed by atoms with Gasteiger partial charge >= 0.3 is 12.1 Å². The topological polar surface area (TPSA) is 84.9 Å². The Morgan fingerprint density at radius 1 is 1.00 bits per heavy atom. The number of alkyl carbamates (subject to hydrolysis) is 1. The van der Waals surface area contributed by atoms with Crippen LogP contribution >= 0.6 is 0 Å². The van der Waals surface area contributed by atoms with E-state index in [0.717, 1.165) is 0 Å². The number of esters is 1. The molecule has 5 rings (SSSR count). The van der Waals surface area contributed by atoms with Crippen LogP contribution in [0.4, 0.5) is 4.79 Å². The highest BCUT2D eigenvalue weighted by Gasteiger charge is 2.66. The Morgan fingerprint density at radius 2 is 1.61 bits per heavy atom. The summed E-state index contributed by atoms with van der Waals surface area (Å²) in [5.41, 5.74) is -1.22. The van der Waals surface area contributed by atoms with Gasteiger partial charge in [0.25, 0.3) is 0 Å². The van der Waals surface area contributed by atoms with Crippen LogP contribution in [0.15, 0.2) is 12.2 Å². The minimum absolute atomic E-state index is 0.0947. The molecule has 1 saturated heterocycles. The zero-order chi connectivity index (χ0) is 22.9. The summed E-state index contributed by atoms with van der Waals surface area (Å²) in [4.78, 5) is 40.9. The van der Waals surface area contributed by atoms with E-state index in [2.05, 4.69) is 17.5 Å². The molecule has 8 atom stereocenters. The number of nitrogens with zero attached hydrogens (tertiary/aromatic N) is 1. The van der Waals surface area contributed by atoms with Crippen LogP contribution in [0.25, 0.3) is 0 Å². The summed E-state index contributed by atoms with van der Waals surface area (Å²) >= 11 is 0. The fourth-order valence-electron chi connectivity index (χ4n) is 6.19. The number of carbonyl (C=O) groups is 3. The molecule has 172 valence electrons. The van der Waals surface area contributed by atoms with Gasteiger partial charge in [-0.1, -0.05) is 32.9 Å². The minimum atomic E-state index is -0.810. The molecule has 1 N–H and O–H groups in total. The number of carbonyl (C=O) groups excluding carboxylic acids is 3.